The Hall–Kier alpha value is -1.43. The summed E-state index contributed by atoms with van der Waals surface area (Å²) in [5, 5.41) is 8.65. The molecule has 0 aliphatic carbocycles. The zero-order valence-electron chi connectivity index (χ0n) is 8.91. The van der Waals surface area contributed by atoms with Gasteiger partial charge in [0.15, 0.2) is 0 Å². The molecule has 0 spiro atoms. The smallest absolute Gasteiger partial charge is 0.308 e. The Balaban J connectivity index is 3.28. The van der Waals surface area contributed by atoms with Crippen LogP contribution in [-0.2, 0) is 17.1 Å². The van der Waals surface area contributed by atoms with Crippen LogP contribution in [0.1, 0.15) is 23.2 Å². The van der Waals surface area contributed by atoms with Crippen molar-refractivity contribution in [2.75, 3.05) is 7.11 Å². The second kappa shape index (κ2) is 5.77. The number of methoxy groups -OCH3 is 1. The number of carbonyl (C=O) groups is 1. The van der Waals surface area contributed by atoms with E-state index >= 15 is 0 Å². The number of hydrogen-bond acceptors (Lipinski definition) is 3. The summed E-state index contributed by atoms with van der Waals surface area (Å²) in [6, 6.07) is 1.07. The molecule has 0 aromatic carbocycles. The molecule has 94 valence electrons. The van der Waals surface area contributed by atoms with Gasteiger partial charge in [-0.05, 0) is 6.07 Å². The third-order valence-electron chi connectivity index (χ3n) is 2.07. The highest BCUT2D eigenvalue weighted by atomic mass is 35.5. The van der Waals surface area contributed by atoms with E-state index in [0.717, 1.165) is 6.07 Å². The Morgan fingerprint density at radius 2 is 2.29 bits per heavy atom. The number of carboxylic acids is 1. The molecule has 0 unspecified atom stereocenters. The Morgan fingerprint density at radius 1 is 1.65 bits per heavy atom. The molecule has 0 saturated carbocycles. The van der Waals surface area contributed by atoms with Crippen LogP contribution >= 0.6 is 11.6 Å². The monoisotopic (exact) mass is 265 g/mol. The Kier molecular flexibility index (Phi) is 4.62. The number of nitrogens with zero attached hydrogens (tertiary/aromatic N) is 1. The van der Waals surface area contributed by atoms with Crippen LogP contribution in [-0.4, -0.2) is 23.2 Å². The quantitative estimate of drug-likeness (QED) is 0.831. The van der Waals surface area contributed by atoms with E-state index in [0.29, 0.717) is 0 Å². The van der Waals surface area contributed by atoms with Crippen LogP contribution in [0, 0.1) is 0 Å². The van der Waals surface area contributed by atoms with Gasteiger partial charge in [0.2, 0.25) is 5.88 Å². The first kappa shape index (κ1) is 13.6. The molecule has 1 aromatic rings. The van der Waals surface area contributed by atoms with Crippen molar-refractivity contribution in [1.82, 2.24) is 4.98 Å². The predicted octanol–water partition coefficient (Wildman–Crippen LogP) is 2.39. The van der Waals surface area contributed by atoms with Crippen LogP contribution < -0.4 is 4.74 Å². The van der Waals surface area contributed by atoms with E-state index in [2.05, 4.69) is 4.98 Å². The average Bonchev–Trinajstić information content (AvgIpc) is 2.27. The summed E-state index contributed by atoms with van der Waals surface area (Å²) >= 11 is 5.50. The first-order valence-electron chi connectivity index (χ1n) is 4.62. The molecular formula is C10H10ClF2NO3. The van der Waals surface area contributed by atoms with Crippen LogP contribution in [0.3, 0.4) is 0 Å². The fourth-order valence-corrected chi connectivity index (χ4v) is 1.57. The molecule has 0 fully saturated rings. The molecule has 0 aliphatic rings. The molecule has 1 heterocycles. The van der Waals surface area contributed by atoms with Crippen molar-refractivity contribution >= 4 is 17.6 Å². The molecule has 0 amide bonds. The molecule has 17 heavy (non-hydrogen) atoms. The fraction of sp³-hybridized carbons (Fsp3) is 0.400. The third kappa shape index (κ3) is 3.26. The predicted molar refractivity (Wildman–Crippen MR) is 56.6 cm³/mol. The number of rotatable bonds is 5. The Labute approximate surface area is 101 Å². The Morgan fingerprint density at radius 3 is 2.71 bits per heavy atom. The lowest BCUT2D eigenvalue weighted by molar-refractivity contribution is -0.136. The highest BCUT2D eigenvalue weighted by Crippen LogP contribution is 2.28. The van der Waals surface area contributed by atoms with Crippen molar-refractivity contribution in [3.63, 3.8) is 0 Å². The van der Waals surface area contributed by atoms with E-state index < -0.39 is 18.8 Å². The average molecular weight is 266 g/mol. The normalized spacial score (nSPS) is 10.6. The molecule has 0 saturated heterocycles. The van der Waals surface area contributed by atoms with E-state index in [1.165, 1.54) is 7.11 Å². The van der Waals surface area contributed by atoms with Gasteiger partial charge in [0.05, 0.1) is 25.1 Å². The minimum atomic E-state index is -2.75. The lowest BCUT2D eigenvalue weighted by Gasteiger charge is -2.11. The van der Waals surface area contributed by atoms with Gasteiger partial charge in [0.25, 0.3) is 6.43 Å². The van der Waals surface area contributed by atoms with Crippen molar-refractivity contribution < 1.29 is 23.4 Å². The number of hydrogen-bond donors (Lipinski definition) is 1. The number of aliphatic carboxylic acids is 1. The van der Waals surface area contributed by atoms with Gasteiger partial charge < -0.3 is 9.84 Å². The molecule has 0 radical (unpaired) electrons. The molecule has 1 rings (SSSR count). The maximum atomic E-state index is 12.7. The summed E-state index contributed by atoms with van der Waals surface area (Å²) in [5.74, 6) is -1.33. The zero-order chi connectivity index (χ0) is 13.0. The van der Waals surface area contributed by atoms with E-state index in [1.807, 2.05) is 0 Å². The highest BCUT2D eigenvalue weighted by Gasteiger charge is 2.19. The lowest BCUT2D eigenvalue weighted by Crippen LogP contribution is -2.07. The van der Waals surface area contributed by atoms with Gasteiger partial charge in [0.1, 0.15) is 0 Å². The molecule has 0 bridgehead atoms. The number of alkyl halides is 3. The maximum Gasteiger partial charge on any atom is 0.308 e. The maximum absolute atomic E-state index is 12.7. The zero-order valence-corrected chi connectivity index (χ0v) is 9.67. The van der Waals surface area contributed by atoms with Crippen LogP contribution in [0.25, 0.3) is 0 Å². The van der Waals surface area contributed by atoms with Crippen LogP contribution in [0.5, 0.6) is 5.88 Å². The first-order valence-corrected chi connectivity index (χ1v) is 5.15. The molecule has 0 aliphatic heterocycles. The van der Waals surface area contributed by atoms with Crippen LogP contribution in [0.4, 0.5) is 8.78 Å². The summed E-state index contributed by atoms with van der Waals surface area (Å²) in [4.78, 5) is 14.4. The van der Waals surface area contributed by atoms with Crippen LogP contribution in [0.2, 0.25) is 0 Å². The minimum Gasteiger partial charge on any atom is -0.481 e. The number of ether oxygens (including phenoxy) is 1. The van der Waals surface area contributed by atoms with Gasteiger partial charge in [-0.3, -0.25) is 4.79 Å². The molecule has 7 heteroatoms. The van der Waals surface area contributed by atoms with Gasteiger partial charge in [-0.15, -0.1) is 11.6 Å². The standard InChI is InChI=1S/C10H10ClF2NO3/c1-17-10-5(3-8(15)16)2-6(9(12)13)7(4-11)14-10/h2,9H,3-4H2,1H3,(H,15,16). The summed E-state index contributed by atoms with van der Waals surface area (Å²) < 4.78 is 30.2. The minimum absolute atomic E-state index is 0.00680. The van der Waals surface area contributed by atoms with Crippen LogP contribution in [0.15, 0.2) is 6.07 Å². The fourth-order valence-electron chi connectivity index (χ4n) is 1.35. The van der Waals surface area contributed by atoms with Crippen molar-refractivity contribution in [2.45, 2.75) is 18.7 Å². The lowest BCUT2D eigenvalue weighted by atomic mass is 10.1. The summed E-state index contributed by atoms with van der Waals surface area (Å²) in [5.41, 5.74) is -0.270. The second-order valence-corrected chi connectivity index (χ2v) is 3.46. The van der Waals surface area contributed by atoms with Gasteiger partial charge in [0, 0.05) is 11.1 Å². The molecule has 1 N–H and O–H groups in total. The third-order valence-corrected chi connectivity index (χ3v) is 2.32. The molecule has 4 nitrogen and oxygen atoms in total. The van der Waals surface area contributed by atoms with Crippen molar-refractivity contribution in [2.24, 2.45) is 0 Å². The molecule has 1 aromatic heterocycles. The summed E-state index contributed by atoms with van der Waals surface area (Å²) in [6.07, 6.45) is -3.19. The largest absolute Gasteiger partial charge is 0.481 e. The van der Waals surface area contributed by atoms with Gasteiger partial charge in [-0.1, -0.05) is 0 Å². The SMILES string of the molecule is COc1nc(CCl)c(C(F)F)cc1CC(=O)O. The van der Waals surface area contributed by atoms with Gasteiger partial charge in [-0.25, -0.2) is 13.8 Å². The highest BCUT2D eigenvalue weighted by molar-refractivity contribution is 6.17. The van der Waals surface area contributed by atoms with Gasteiger partial charge in [-0.2, -0.15) is 0 Å². The molecule has 0 atom stereocenters. The van der Waals surface area contributed by atoms with Crippen molar-refractivity contribution in [1.29, 1.82) is 0 Å². The van der Waals surface area contributed by atoms with E-state index in [9.17, 15) is 13.6 Å². The van der Waals surface area contributed by atoms with E-state index in [-0.39, 0.29) is 28.6 Å². The number of halogens is 3. The number of pyridine rings is 1. The van der Waals surface area contributed by atoms with E-state index in [4.69, 9.17) is 21.4 Å². The number of aromatic nitrogens is 1. The Bertz CT molecular complexity index is 426. The number of carboxylic acid groups (broad SMARTS) is 1. The topological polar surface area (TPSA) is 59.4 Å². The van der Waals surface area contributed by atoms with Gasteiger partial charge >= 0.3 is 5.97 Å². The van der Waals surface area contributed by atoms with E-state index in [1.54, 1.807) is 0 Å². The summed E-state index contributed by atoms with van der Waals surface area (Å²) in [7, 11) is 1.29. The first-order chi connectivity index (χ1) is 7.99. The van der Waals surface area contributed by atoms with Crippen molar-refractivity contribution in [3.05, 3.63) is 22.9 Å². The van der Waals surface area contributed by atoms with Crippen molar-refractivity contribution in [3.8, 4) is 5.88 Å². The molecular weight excluding hydrogens is 256 g/mol. The summed E-state index contributed by atoms with van der Waals surface area (Å²) in [6.45, 7) is 0. The second-order valence-electron chi connectivity index (χ2n) is 3.20.